The Bertz CT molecular complexity index is 2800. The number of aromatic nitrogens is 4. The van der Waals surface area contributed by atoms with Crippen LogP contribution in [-0.4, -0.2) is 19.1 Å². The zero-order chi connectivity index (χ0) is 38.3. The van der Waals surface area contributed by atoms with Gasteiger partial charge in [-0.15, -0.1) is 48.1 Å². The number of aryl methyl sites for hydroxylation is 2. The molecular weight excluding hydrogens is 884 g/mol. The summed E-state index contributed by atoms with van der Waals surface area (Å²) in [6.45, 7) is 16.6. The molecule has 57 heavy (non-hydrogen) atoms. The Hall–Kier alpha value is -5.39. The molecule has 8 aromatic rings. The second-order valence-electron chi connectivity index (χ2n) is 17.2. The summed E-state index contributed by atoms with van der Waals surface area (Å²) in [6, 6.07) is 43.7. The predicted molar refractivity (Wildman–Crippen MR) is 228 cm³/mol. The molecule has 0 bridgehead atoms. The summed E-state index contributed by atoms with van der Waals surface area (Å²) in [5.41, 5.74) is 11.0. The monoisotopic (exact) mass is 928 g/mol. The first-order chi connectivity index (χ1) is 27.0. The Morgan fingerprint density at radius 1 is 0.684 bits per heavy atom. The standard InChI is InChI=1S/C49H45N6O.Pt/c1-48(2,3)32-17-19-34(20-18-32)53-31-54(44-29-40-43(30-45(44)53)52-25-10-9-16-46(52)51-40)35-12-11-13-36(27-35)56-37-21-22-39-38-14-7-8-15-41(38)55(42(39)28-37)47-26-33(23-24-50-47)49(4,5)6;/h7-8,11-15,17-24,26,29-31H,9-10,16,25H2,1-6H3;/q-3;. The van der Waals surface area contributed by atoms with E-state index in [1.54, 1.807) is 0 Å². The van der Waals surface area contributed by atoms with Crippen LogP contribution in [-0.2, 0) is 44.9 Å². The Kier molecular flexibility index (Phi) is 9.08. The maximum Gasteiger partial charge on any atom is 0.135 e. The van der Waals surface area contributed by atoms with E-state index in [0.717, 1.165) is 68.9 Å². The third-order valence-corrected chi connectivity index (χ3v) is 11.3. The Labute approximate surface area is 349 Å². The minimum atomic E-state index is -0.0133. The van der Waals surface area contributed by atoms with Crippen molar-refractivity contribution in [1.82, 2.24) is 19.1 Å². The number of anilines is 4. The number of benzene rings is 5. The van der Waals surface area contributed by atoms with Gasteiger partial charge in [0.15, 0.2) is 0 Å². The van der Waals surface area contributed by atoms with Crippen molar-refractivity contribution in [2.75, 3.05) is 9.80 Å². The molecule has 8 heteroatoms. The average molecular weight is 929 g/mol. The molecule has 2 aliphatic heterocycles. The van der Waals surface area contributed by atoms with E-state index in [9.17, 15) is 0 Å². The number of fused-ring (bicyclic) bond motifs is 7. The minimum absolute atomic E-state index is 0. The van der Waals surface area contributed by atoms with Gasteiger partial charge in [-0.3, -0.25) is 0 Å². The molecular formula is C49H45N6OPt-3. The zero-order valence-corrected chi connectivity index (χ0v) is 35.5. The molecule has 0 N–H and O–H groups in total. The van der Waals surface area contributed by atoms with Gasteiger partial charge in [-0.05, 0) is 82.6 Å². The minimum Gasteiger partial charge on any atom is -0.509 e. The summed E-state index contributed by atoms with van der Waals surface area (Å²) in [5, 5.41) is 2.25. The molecule has 0 atom stereocenters. The van der Waals surface area contributed by atoms with E-state index in [-0.39, 0.29) is 31.9 Å². The average Bonchev–Trinajstić information content (AvgIpc) is 3.85. The van der Waals surface area contributed by atoms with Gasteiger partial charge in [0.05, 0.1) is 11.0 Å². The molecule has 0 aliphatic carbocycles. The SMILES string of the molecule is CC(C)(C)c1ccc(N2[CH-]N(c3[c-]c(Oc4[c-]c5c(cc4)c4ccccc4n5-c4cc(C(C)(C)C)ccn4)ccc3)c3cc4nc5n(c4cc32)CCCC5)cc1.[Pt]. The van der Waals surface area contributed by atoms with Crippen LogP contribution in [0, 0.1) is 18.8 Å². The second-order valence-corrected chi connectivity index (χ2v) is 17.2. The summed E-state index contributed by atoms with van der Waals surface area (Å²) in [6.07, 6.45) is 5.29. The van der Waals surface area contributed by atoms with E-state index in [1.165, 1.54) is 35.3 Å². The smallest absolute Gasteiger partial charge is 0.135 e. The first-order valence-electron chi connectivity index (χ1n) is 19.7. The molecule has 0 radical (unpaired) electrons. The van der Waals surface area contributed by atoms with Gasteiger partial charge >= 0.3 is 0 Å². The van der Waals surface area contributed by atoms with Gasteiger partial charge < -0.3 is 23.7 Å². The molecule has 290 valence electrons. The molecule has 0 unspecified atom stereocenters. The van der Waals surface area contributed by atoms with Gasteiger partial charge in [0.25, 0.3) is 0 Å². The molecule has 2 aliphatic rings. The van der Waals surface area contributed by atoms with Gasteiger partial charge in [-0.2, -0.15) is 12.1 Å². The van der Waals surface area contributed by atoms with Crippen LogP contribution in [0.25, 0.3) is 38.7 Å². The van der Waals surface area contributed by atoms with Crippen molar-refractivity contribution in [3.63, 3.8) is 0 Å². The number of ether oxygens (including phenoxy) is 1. The van der Waals surface area contributed by atoms with Crippen molar-refractivity contribution < 1.29 is 25.8 Å². The van der Waals surface area contributed by atoms with Crippen LogP contribution in [0.3, 0.4) is 0 Å². The van der Waals surface area contributed by atoms with Crippen LogP contribution < -0.4 is 14.5 Å². The summed E-state index contributed by atoms with van der Waals surface area (Å²) in [4.78, 5) is 14.4. The first kappa shape index (κ1) is 37.2. The third kappa shape index (κ3) is 6.50. The quantitative estimate of drug-likeness (QED) is 0.161. The molecule has 5 heterocycles. The van der Waals surface area contributed by atoms with Crippen molar-refractivity contribution >= 4 is 55.6 Å². The molecule has 0 saturated heterocycles. The van der Waals surface area contributed by atoms with Crippen LogP contribution in [0.2, 0.25) is 0 Å². The summed E-state index contributed by atoms with van der Waals surface area (Å²) < 4.78 is 11.2. The second kappa shape index (κ2) is 13.9. The van der Waals surface area contributed by atoms with Gasteiger partial charge in [0, 0.05) is 74.3 Å². The normalized spacial score (nSPS) is 14.3. The Morgan fingerprint density at radius 3 is 2.26 bits per heavy atom. The zero-order valence-electron chi connectivity index (χ0n) is 33.2. The maximum atomic E-state index is 6.61. The van der Waals surface area contributed by atoms with Crippen LogP contribution >= 0.6 is 0 Å². The third-order valence-electron chi connectivity index (χ3n) is 11.3. The number of para-hydroxylation sites is 1. The number of hydrogen-bond donors (Lipinski definition) is 0. The van der Waals surface area contributed by atoms with Gasteiger partial charge in [-0.1, -0.05) is 77.4 Å². The molecule has 10 rings (SSSR count). The first-order valence-corrected chi connectivity index (χ1v) is 19.7. The van der Waals surface area contributed by atoms with E-state index in [1.807, 2.05) is 24.4 Å². The molecule has 3 aromatic heterocycles. The van der Waals surface area contributed by atoms with E-state index in [4.69, 9.17) is 14.7 Å². The molecule has 0 saturated carbocycles. The predicted octanol–water partition coefficient (Wildman–Crippen LogP) is 12.3. The van der Waals surface area contributed by atoms with Crippen molar-refractivity contribution in [2.45, 2.75) is 78.2 Å². The summed E-state index contributed by atoms with van der Waals surface area (Å²) in [5.74, 6) is 3.26. The largest absolute Gasteiger partial charge is 0.509 e. The topological polar surface area (TPSA) is 51.4 Å². The van der Waals surface area contributed by atoms with Crippen molar-refractivity contribution in [3.05, 3.63) is 145 Å². The number of hydrogen-bond acceptors (Lipinski definition) is 5. The number of pyridine rings is 1. The number of nitrogens with zero attached hydrogens (tertiary/aromatic N) is 6. The molecule has 7 nitrogen and oxygen atoms in total. The fraction of sp³-hybridized carbons (Fsp3) is 0.245. The fourth-order valence-corrected chi connectivity index (χ4v) is 8.27. The van der Waals surface area contributed by atoms with Crippen molar-refractivity contribution in [2.24, 2.45) is 0 Å². The molecule has 0 fully saturated rings. The van der Waals surface area contributed by atoms with Gasteiger partial charge in [0.2, 0.25) is 0 Å². The number of rotatable bonds is 5. The van der Waals surface area contributed by atoms with E-state index in [2.05, 4.69) is 164 Å². The summed E-state index contributed by atoms with van der Waals surface area (Å²) in [7, 11) is 0. The Morgan fingerprint density at radius 2 is 1.46 bits per heavy atom. The van der Waals surface area contributed by atoms with Crippen LogP contribution in [0.1, 0.15) is 71.3 Å². The van der Waals surface area contributed by atoms with Gasteiger partial charge in [0.1, 0.15) is 11.6 Å². The van der Waals surface area contributed by atoms with Gasteiger partial charge in [-0.25, -0.2) is 9.97 Å². The van der Waals surface area contributed by atoms with Crippen LogP contribution in [0.4, 0.5) is 22.7 Å². The van der Waals surface area contributed by atoms with E-state index < -0.39 is 0 Å². The van der Waals surface area contributed by atoms with Crippen molar-refractivity contribution in [3.8, 4) is 17.3 Å². The summed E-state index contributed by atoms with van der Waals surface area (Å²) >= 11 is 0. The molecule has 0 spiro atoms. The molecule has 5 aromatic carbocycles. The van der Waals surface area contributed by atoms with Crippen molar-refractivity contribution in [1.29, 1.82) is 0 Å². The van der Waals surface area contributed by atoms with Crippen LogP contribution in [0.5, 0.6) is 11.5 Å². The maximum absolute atomic E-state index is 6.61. The Balaban J connectivity index is 0.00000422. The molecule has 0 amide bonds. The van der Waals surface area contributed by atoms with Crippen LogP contribution in [0.15, 0.2) is 109 Å². The number of imidazole rings is 1. The fourth-order valence-electron chi connectivity index (χ4n) is 8.27. The van der Waals surface area contributed by atoms with E-state index in [0.29, 0.717) is 11.5 Å². The van der Waals surface area contributed by atoms with E-state index >= 15 is 0 Å².